The van der Waals surface area contributed by atoms with Crippen molar-refractivity contribution < 1.29 is 0 Å². The van der Waals surface area contributed by atoms with Gasteiger partial charge in [0.15, 0.2) is 0 Å². The zero-order chi connectivity index (χ0) is 33.3. The number of fused-ring (bicyclic) bond motifs is 11. The van der Waals surface area contributed by atoms with Crippen LogP contribution in [0.3, 0.4) is 0 Å². The summed E-state index contributed by atoms with van der Waals surface area (Å²) in [5.41, 5.74) is 16.6. The van der Waals surface area contributed by atoms with Gasteiger partial charge in [-0.3, -0.25) is 0 Å². The number of anilines is 3. The van der Waals surface area contributed by atoms with E-state index < -0.39 is 0 Å². The van der Waals surface area contributed by atoms with Gasteiger partial charge in [0.1, 0.15) is 0 Å². The molecule has 0 saturated heterocycles. The maximum absolute atomic E-state index is 2.61. The van der Waals surface area contributed by atoms with Crippen molar-refractivity contribution in [1.29, 1.82) is 0 Å². The van der Waals surface area contributed by atoms with E-state index in [0.717, 1.165) is 0 Å². The van der Waals surface area contributed by atoms with E-state index in [1.165, 1.54) is 94.0 Å². The van der Waals surface area contributed by atoms with Gasteiger partial charge >= 0.3 is 0 Å². The topological polar surface area (TPSA) is 13.1 Å². The zero-order valence-electron chi connectivity index (χ0n) is 28.4. The standard InChI is InChI=1S/C46H34BN3/c1-46(2,3)29-26-40-43-41(27-29)50-38-24-14-11-21-33(38)42-44-34(32-20-10-13-23-37(32)49(44)31-18-8-5-9-19-31)28-36(45(42)50)47(43)35-22-12-15-25-39(35)48(40)30-16-6-4-7-17-30/h4-28H,1-3H3. The molecule has 4 heterocycles. The minimum Gasteiger partial charge on any atom is -0.311 e. The van der Waals surface area contributed by atoms with E-state index in [0.29, 0.717) is 0 Å². The number of benzene rings is 7. The van der Waals surface area contributed by atoms with Gasteiger partial charge in [-0.2, -0.15) is 0 Å². The van der Waals surface area contributed by atoms with E-state index in [4.69, 9.17) is 0 Å². The molecule has 11 rings (SSSR count). The van der Waals surface area contributed by atoms with Crippen LogP contribution >= 0.6 is 0 Å². The lowest BCUT2D eigenvalue weighted by Crippen LogP contribution is -2.60. The molecule has 2 aromatic heterocycles. The Morgan fingerprint density at radius 2 is 1.06 bits per heavy atom. The molecule has 50 heavy (non-hydrogen) atoms. The molecular formula is C46H34BN3. The monoisotopic (exact) mass is 639 g/mol. The molecule has 9 aromatic rings. The molecule has 4 heteroatoms. The molecule has 7 aromatic carbocycles. The largest absolute Gasteiger partial charge is 0.311 e. The van der Waals surface area contributed by atoms with Gasteiger partial charge in [0, 0.05) is 50.0 Å². The lowest BCUT2D eigenvalue weighted by Gasteiger charge is -2.41. The highest BCUT2D eigenvalue weighted by Gasteiger charge is 2.43. The molecule has 3 nitrogen and oxygen atoms in total. The lowest BCUT2D eigenvalue weighted by atomic mass is 9.33. The third kappa shape index (κ3) is 3.55. The Morgan fingerprint density at radius 1 is 0.460 bits per heavy atom. The molecule has 0 amide bonds. The predicted octanol–water partition coefficient (Wildman–Crippen LogP) is 9.79. The first kappa shape index (κ1) is 27.9. The quantitative estimate of drug-likeness (QED) is 0.172. The molecule has 2 aliphatic rings. The van der Waals surface area contributed by atoms with Crippen LogP contribution in [0.4, 0.5) is 17.1 Å². The van der Waals surface area contributed by atoms with Crippen molar-refractivity contribution in [1.82, 2.24) is 9.13 Å². The molecule has 236 valence electrons. The minimum absolute atomic E-state index is 0.0492. The number of para-hydroxylation sites is 5. The summed E-state index contributed by atoms with van der Waals surface area (Å²) in [7, 11) is 0. The van der Waals surface area contributed by atoms with Crippen LogP contribution in [0.25, 0.3) is 55.0 Å². The van der Waals surface area contributed by atoms with Crippen molar-refractivity contribution in [3.05, 3.63) is 157 Å². The molecule has 0 spiro atoms. The minimum atomic E-state index is -0.0492. The maximum atomic E-state index is 2.61. The fraction of sp³-hybridized carbons (Fsp3) is 0.0870. The summed E-state index contributed by atoms with van der Waals surface area (Å²) in [5.74, 6) is 0. The number of rotatable bonds is 2. The summed E-state index contributed by atoms with van der Waals surface area (Å²) in [6.07, 6.45) is 0. The summed E-state index contributed by atoms with van der Waals surface area (Å²) in [4.78, 5) is 2.51. The lowest BCUT2D eigenvalue weighted by molar-refractivity contribution is 0.590. The van der Waals surface area contributed by atoms with Crippen molar-refractivity contribution in [2.75, 3.05) is 4.90 Å². The van der Waals surface area contributed by atoms with E-state index in [1.807, 2.05) is 0 Å². The second kappa shape index (κ2) is 9.80. The molecule has 0 radical (unpaired) electrons. The van der Waals surface area contributed by atoms with Crippen LogP contribution in [-0.2, 0) is 5.41 Å². The maximum Gasteiger partial charge on any atom is 0.252 e. The summed E-state index contributed by atoms with van der Waals surface area (Å²) < 4.78 is 5.10. The van der Waals surface area contributed by atoms with Crippen molar-refractivity contribution in [3.63, 3.8) is 0 Å². The molecule has 0 saturated carbocycles. The van der Waals surface area contributed by atoms with Crippen LogP contribution in [0.5, 0.6) is 0 Å². The van der Waals surface area contributed by atoms with Crippen LogP contribution in [0.1, 0.15) is 26.3 Å². The van der Waals surface area contributed by atoms with Crippen molar-refractivity contribution >= 4 is 83.8 Å². The number of hydrogen-bond donors (Lipinski definition) is 0. The van der Waals surface area contributed by atoms with Crippen LogP contribution in [0, 0.1) is 0 Å². The Morgan fingerprint density at radius 3 is 1.80 bits per heavy atom. The van der Waals surface area contributed by atoms with E-state index >= 15 is 0 Å². The second-order valence-electron chi connectivity index (χ2n) is 15.0. The third-order valence-electron chi connectivity index (χ3n) is 11.2. The molecule has 0 bridgehead atoms. The molecule has 0 N–H and O–H groups in total. The van der Waals surface area contributed by atoms with E-state index in [9.17, 15) is 0 Å². The fourth-order valence-electron chi connectivity index (χ4n) is 9.07. The normalized spacial score (nSPS) is 13.4. The van der Waals surface area contributed by atoms with Gasteiger partial charge in [-0.05, 0) is 82.0 Å². The number of nitrogens with zero attached hydrogens (tertiary/aromatic N) is 3. The van der Waals surface area contributed by atoms with Gasteiger partial charge in [-0.15, -0.1) is 0 Å². The highest BCUT2D eigenvalue weighted by molar-refractivity contribution is 7.00. The van der Waals surface area contributed by atoms with Gasteiger partial charge in [-0.25, -0.2) is 0 Å². The van der Waals surface area contributed by atoms with Crippen LogP contribution < -0.4 is 21.3 Å². The Bertz CT molecular complexity index is 2850. The molecule has 0 aliphatic carbocycles. The SMILES string of the molecule is CC(C)(C)c1cc2c3c(c1)-n1c4ccccc4c4c1c(cc1c5ccccc5n(-c5ccccc5)c14)B3c1ccccc1N2c1ccccc1. The van der Waals surface area contributed by atoms with Gasteiger partial charge in [0.05, 0.1) is 22.1 Å². The van der Waals surface area contributed by atoms with E-state index in [2.05, 4.69) is 186 Å². The molecule has 2 aliphatic heterocycles. The predicted molar refractivity (Wildman–Crippen MR) is 213 cm³/mol. The first-order valence-corrected chi connectivity index (χ1v) is 17.7. The highest BCUT2D eigenvalue weighted by atomic mass is 15.2. The average Bonchev–Trinajstić information content (AvgIpc) is 3.67. The Hall–Kier alpha value is -6.00. The smallest absolute Gasteiger partial charge is 0.252 e. The van der Waals surface area contributed by atoms with E-state index in [1.54, 1.807) is 0 Å². The first-order chi connectivity index (χ1) is 24.5. The Balaban J connectivity index is 1.39. The van der Waals surface area contributed by atoms with Crippen molar-refractivity contribution in [2.24, 2.45) is 0 Å². The summed E-state index contributed by atoms with van der Waals surface area (Å²) >= 11 is 0. The zero-order valence-corrected chi connectivity index (χ0v) is 28.4. The Labute approximate surface area is 291 Å². The molecule has 0 unspecified atom stereocenters. The summed E-state index contributed by atoms with van der Waals surface area (Å²) in [6, 6.07) is 56.4. The van der Waals surface area contributed by atoms with Gasteiger partial charge in [0.25, 0.3) is 6.71 Å². The summed E-state index contributed by atoms with van der Waals surface area (Å²) in [6.45, 7) is 7.09. The van der Waals surface area contributed by atoms with Gasteiger partial charge < -0.3 is 14.0 Å². The molecule has 0 fully saturated rings. The average molecular weight is 640 g/mol. The molecule has 0 atom stereocenters. The fourth-order valence-corrected chi connectivity index (χ4v) is 9.07. The van der Waals surface area contributed by atoms with Gasteiger partial charge in [0.2, 0.25) is 0 Å². The first-order valence-electron chi connectivity index (χ1n) is 17.7. The highest BCUT2D eigenvalue weighted by Crippen LogP contribution is 2.46. The van der Waals surface area contributed by atoms with Crippen molar-refractivity contribution in [3.8, 4) is 11.4 Å². The molecular weight excluding hydrogens is 605 g/mol. The number of hydrogen-bond acceptors (Lipinski definition) is 1. The van der Waals surface area contributed by atoms with Crippen molar-refractivity contribution in [2.45, 2.75) is 26.2 Å². The Kier molecular flexibility index (Phi) is 5.47. The summed E-state index contributed by atoms with van der Waals surface area (Å²) in [5, 5.41) is 5.19. The van der Waals surface area contributed by atoms with Crippen LogP contribution in [0.15, 0.2) is 152 Å². The second-order valence-corrected chi connectivity index (χ2v) is 15.0. The van der Waals surface area contributed by atoms with Gasteiger partial charge in [-0.1, -0.05) is 118 Å². The van der Waals surface area contributed by atoms with E-state index in [-0.39, 0.29) is 12.1 Å². The number of aromatic nitrogens is 2. The van der Waals surface area contributed by atoms with Crippen LogP contribution in [-0.4, -0.2) is 15.8 Å². The third-order valence-corrected chi connectivity index (χ3v) is 11.2. The van der Waals surface area contributed by atoms with Crippen LogP contribution in [0.2, 0.25) is 0 Å².